The number of urea groups is 2. The molecule has 0 aliphatic carbocycles. The second-order valence-electron chi connectivity index (χ2n) is 6.55. The van der Waals surface area contributed by atoms with Gasteiger partial charge in [-0.1, -0.05) is 29.8 Å². The van der Waals surface area contributed by atoms with Crippen molar-refractivity contribution in [1.29, 1.82) is 0 Å². The summed E-state index contributed by atoms with van der Waals surface area (Å²) in [7, 11) is 0. The van der Waals surface area contributed by atoms with Crippen molar-refractivity contribution in [3.63, 3.8) is 0 Å². The van der Waals surface area contributed by atoms with Crippen LogP contribution >= 0.6 is 11.6 Å². The smallest absolute Gasteiger partial charge is 0.329 e. The van der Waals surface area contributed by atoms with Crippen molar-refractivity contribution in [2.45, 2.75) is 26.3 Å². The van der Waals surface area contributed by atoms with E-state index in [2.05, 4.69) is 16.0 Å². The molecular weight excluding hydrogens is 380 g/mol. The number of imide groups is 1. The molecule has 0 aromatic heterocycles. The van der Waals surface area contributed by atoms with Crippen molar-refractivity contribution in [2.75, 3.05) is 16.8 Å². The van der Waals surface area contributed by atoms with Gasteiger partial charge < -0.3 is 16.0 Å². The van der Waals surface area contributed by atoms with Gasteiger partial charge in [0.2, 0.25) is 0 Å². The van der Waals surface area contributed by atoms with E-state index in [1.165, 1.54) is 0 Å². The summed E-state index contributed by atoms with van der Waals surface area (Å²) < 4.78 is 0. The molecule has 7 nitrogen and oxygen atoms in total. The fourth-order valence-corrected chi connectivity index (χ4v) is 3.10. The van der Waals surface area contributed by atoms with Gasteiger partial charge in [-0.2, -0.15) is 0 Å². The van der Waals surface area contributed by atoms with Crippen LogP contribution in [0.2, 0.25) is 5.02 Å². The van der Waals surface area contributed by atoms with E-state index in [1.54, 1.807) is 32.0 Å². The summed E-state index contributed by atoms with van der Waals surface area (Å²) in [4.78, 5) is 37.6. The van der Waals surface area contributed by atoms with Crippen LogP contribution in [0.25, 0.3) is 0 Å². The van der Waals surface area contributed by atoms with Crippen LogP contribution in [-0.4, -0.2) is 30.6 Å². The summed E-state index contributed by atoms with van der Waals surface area (Å²) in [6.45, 7) is 3.84. The lowest BCUT2D eigenvalue weighted by Crippen LogP contribution is -2.33. The number of carbonyl (C=O) groups excluding carboxylic acids is 3. The highest BCUT2D eigenvalue weighted by atomic mass is 35.5. The third-order valence-corrected chi connectivity index (χ3v) is 4.79. The Balaban J connectivity index is 1.62. The minimum absolute atomic E-state index is 0.322. The molecule has 1 heterocycles. The van der Waals surface area contributed by atoms with Gasteiger partial charge in [0.15, 0.2) is 0 Å². The van der Waals surface area contributed by atoms with Gasteiger partial charge in [0.25, 0.3) is 5.91 Å². The summed E-state index contributed by atoms with van der Waals surface area (Å²) >= 11 is 5.86. The molecule has 2 aromatic carbocycles. The van der Waals surface area contributed by atoms with Crippen LogP contribution < -0.4 is 20.9 Å². The molecule has 1 atom stereocenters. The molecule has 0 bridgehead atoms. The Labute approximate surface area is 168 Å². The van der Waals surface area contributed by atoms with Crippen LogP contribution in [-0.2, 0) is 11.2 Å². The van der Waals surface area contributed by atoms with Crippen LogP contribution in [0.4, 0.5) is 21.0 Å². The SMILES string of the molecule is Cc1c(NC(=O)NCCc2ccc(Cl)cc2)cccc1N1C(=O)N[C@H](C)C1=O. The molecule has 2 aromatic rings. The molecular formula is C20H21ClN4O3. The average Bonchev–Trinajstić information content (AvgIpc) is 2.91. The number of carbonyl (C=O) groups is 3. The van der Waals surface area contributed by atoms with E-state index in [9.17, 15) is 14.4 Å². The molecule has 1 saturated heterocycles. The third-order valence-electron chi connectivity index (χ3n) is 4.54. The Bertz CT molecular complexity index is 914. The number of amides is 5. The zero-order chi connectivity index (χ0) is 20.3. The molecule has 8 heteroatoms. The summed E-state index contributed by atoms with van der Waals surface area (Å²) in [5, 5.41) is 8.81. The second-order valence-corrected chi connectivity index (χ2v) is 6.99. The molecule has 1 aliphatic heterocycles. The van der Waals surface area contributed by atoms with Gasteiger partial charge in [-0.05, 0) is 55.7 Å². The van der Waals surface area contributed by atoms with Gasteiger partial charge in [0.05, 0.1) is 5.69 Å². The molecule has 5 amide bonds. The first-order valence-corrected chi connectivity index (χ1v) is 9.28. The molecule has 1 aliphatic rings. The lowest BCUT2D eigenvalue weighted by molar-refractivity contribution is -0.117. The predicted molar refractivity (Wildman–Crippen MR) is 109 cm³/mol. The Morgan fingerprint density at radius 1 is 1.18 bits per heavy atom. The Hall–Kier alpha value is -3.06. The van der Waals surface area contributed by atoms with Crippen LogP contribution in [0.15, 0.2) is 42.5 Å². The maximum absolute atomic E-state index is 12.2. The van der Waals surface area contributed by atoms with Crippen LogP contribution in [0.3, 0.4) is 0 Å². The molecule has 1 fully saturated rings. The maximum Gasteiger partial charge on any atom is 0.329 e. The Kier molecular flexibility index (Phi) is 5.84. The highest BCUT2D eigenvalue weighted by Gasteiger charge is 2.37. The van der Waals surface area contributed by atoms with Crippen molar-refractivity contribution in [1.82, 2.24) is 10.6 Å². The number of halogens is 1. The fourth-order valence-electron chi connectivity index (χ4n) is 2.97. The van der Waals surface area contributed by atoms with E-state index >= 15 is 0 Å². The van der Waals surface area contributed by atoms with Gasteiger partial charge in [-0.3, -0.25) is 4.79 Å². The molecule has 0 unspecified atom stereocenters. The molecule has 3 rings (SSSR count). The summed E-state index contributed by atoms with van der Waals surface area (Å²) in [5.41, 5.74) is 2.68. The standard InChI is InChI=1S/C20H21ClN4O3/c1-12-16(4-3-5-17(12)25-18(26)13(2)23-20(25)28)24-19(27)22-11-10-14-6-8-15(21)9-7-14/h3-9,13H,10-11H2,1-2H3,(H,23,28)(H2,22,24,27)/t13-/m1/s1. The molecule has 0 radical (unpaired) electrons. The molecule has 146 valence electrons. The molecule has 0 saturated carbocycles. The van der Waals surface area contributed by atoms with Crippen molar-refractivity contribution in [3.05, 3.63) is 58.6 Å². The zero-order valence-corrected chi connectivity index (χ0v) is 16.3. The summed E-state index contributed by atoms with van der Waals surface area (Å²) in [5.74, 6) is -0.322. The first-order valence-electron chi connectivity index (χ1n) is 8.90. The third kappa shape index (κ3) is 4.26. The van der Waals surface area contributed by atoms with E-state index in [0.717, 1.165) is 10.5 Å². The van der Waals surface area contributed by atoms with Gasteiger partial charge in [-0.25, -0.2) is 14.5 Å². The zero-order valence-electron chi connectivity index (χ0n) is 15.6. The number of nitrogens with zero attached hydrogens (tertiary/aromatic N) is 1. The van der Waals surface area contributed by atoms with Gasteiger partial charge >= 0.3 is 12.1 Å². The highest BCUT2D eigenvalue weighted by molar-refractivity contribution is 6.30. The second kappa shape index (κ2) is 8.31. The molecule has 3 N–H and O–H groups in total. The van der Waals surface area contributed by atoms with E-state index in [4.69, 9.17) is 11.6 Å². The fraction of sp³-hybridized carbons (Fsp3) is 0.250. The van der Waals surface area contributed by atoms with Crippen molar-refractivity contribution in [3.8, 4) is 0 Å². The van der Waals surface area contributed by atoms with Gasteiger partial charge in [-0.15, -0.1) is 0 Å². The van der Waals surface area contributed by atoms with Gasteiger partial charge in [0.1, 0.15) is 6.04 Å². The van der Waals surface area contributed by atoms with E-state index in [0.29, 0.717) is 34.9 Å². The number of hydrogen-bond donors (Lipinski definition) is 3. The number of rotatable bonds is 5. The van der Waals surface area contributed by atoms with Crippen molar-refractivity contribution < 1.29 is 14.4 Å². The lowest BCUT2D eigenvalue weighted by atomic mass is 10.1. The van der Waals surface area contributed by atoms with E-state index in [1.807, 2.05) is 24.3 Å². The lowest BCUT2D eigenvalue weighted by Gasteiger charge is -2.18. The summed E-state index contributed by atoms with van der Waals surface area (Å²) in [6.07, 6.45) is 0.671. The minimum atomic E-state index is -0.570. The molecule has 0 spiro atoms. The Morgan fingerprint density at radius 3 is 2.54 bits per heavy atom. The van der Waals surface area contributed by atoms with Crippen molar-refractivity contribution >= 4 is 40.9 Å². The number of benzene rings is 2. The van der Waals surface area contributed by atoms with E-state index < -0.39 is 12.1 Å². The quantitative estimate of drug-likeness (QED) is 0.671. The first-order chi connectivity index (χ1) is 13.4. The summed E-state index contributed by atoms with van der Waals surface area (Å²) in [6, 6.07) is 11.1. The van der Waals surface area contributed by atoms with Gasteiger partial charge in [0, 0.05) is 17.3 Å². The highest BCUT2D eigenvalue weighted by Crippen LogP contribution is 2.29. The minimum Gasteiger partial charge on any atom is -0.338 e. The number of nitrogens with one attached hydrogen (secondary N) is 3. The van der Waals surface area contributed by atoms with Crippen molar-refractivity contribution in [2.24, 2.45) is 0 Å². The monoisotopic (exact) mass is 400 g/mol. The number of hydrogen-bond acceptors (Lipinski definition) is 3. The maximum atomic E-state index is 12.2. The number of anilines is 2. The van der Waals surface area contributed by atoms with E-state index in [-0.39, 0.29) is 11.9 Å². The molecule has 28 heavy (non-hydrogen) atoms. The first kappa shape index (κ1) is 19.7. The average molecular weight is 401 g/mol. The largest absolute Gasteiger partial charge is 0.338 e. The normalized spacial score (nSPS) is 16.1. The topological polar surface area (TPSA) is 90.5 Å². The Morgan fingerprint density at radius 2 is 1.89 bits per heavy atom. The van der Waals surface area contributed by atoms with Crippen LogP contribution in [0.5, 0.6) is 0 Å². The van der Waals surface area contributed by atoms with Crippen LogP contribution in [0.1, 0.15) is 18.1 Å². The van der Waals surface area contributed by atoms with Crippen LogP contribution in [0, 0.1) is 6.92 Å². The predicted octanol–water partition coefficient (Wildman–Crippen LogP) is 3.46.